The third kappa shape index (κ3) is 5.44. The maximum Gasteiger partial charge on any atom is 0.321 e. The fraction of sp³-hybridized carbons (Fsp3) is 0.286. The first kappa shape index (κ1) is 21.5. The molecule has 0 bridgehead atoms. The lowest BCUT2D eigenvalue weighted by molar-refractivity contribution is -0.119. The van der Waals surface area contributed by atoms with Gasteiger partial charge in [-0.3, -0.25) is 10.1 Å². The zero-order chi connectivity index (χ0) is 21.3. The van der Waals surface area contributed by atoms with Crippen LogP contribution in [0.4, 0.5) is 4.79 Å². The van der Waals surface area contributed by atoms with Crippen LogP contribution in [0.25, 0.3) is 5.69 Å². The molecule has 0 spiro atoms. The number of rotatable bonds is 8. The van der Waals surface area contributed by atoms with Crippen molar-refractivity contribution in [3.05, 3.63) is 65.7 Å². The van der Waals surface area contributed by atoms with Gasteiger partial charge in [-0.15, -0.1) is 5.10 Å². The Bertz CT molecular complexity index is 975. The Balaban J connectivity index is 1.85. The number of unbranched alkanes of at least 4 members (excludes halogenated alkanes) is 1. The zero-order valence-electron chi connectivity index (χ0n) is 16.9. The van der Waals surface area contributed by atoms with Crippen molar-refractivity contribution in [2.45, 2.75) is 36.6 Å². The van der Waals surface area contributed by atoms with Gasteiger partial charge in [0.05, 0.1) is 5.69 Å². The minimum Gasteiger partial charge on any atom is -0.341 e. The zero-order valence-corrected chi connectivity index (χ0v) is 17.7. The number of benzene rings is 2. The molecule has 1 aromatic heterocycles. The van der Waals surface area contributed by atoms with Gasteiger partial charge in [0.25, 0.3) is 0 Å². The molecule has 0 saturated heterocycles. The largest absolute Gasteiger partial charge is 0.341 e. The van der Waals surface area contributed by atoms with Crippen molar-refractivity contribution in [3.63, 3.8) is 0 Å². The van der Waals surface area contributed by atoms with Crippen LogP contribution in [0.2, 0.25) is 0 Å². The van der Waals surface area contributed by atoms with E-state index in [1.807, 2.05) is 42.5 Å². The second-order valence-electron chi connectivity index (χ2n) is 6.62. The molecule has 0 aliphatic rings. The summed E-state index contributed by atoms with van der Waals surface area (Å²) >= 11 is 1.18. The Morgan fingerprint density at radius 1 is 1.10 bits per heavy atom. The highest BCUT2D eigenvalue weighted by Gasteiger charge is 2.26. The number of aromatic nitrogens is 4. The summed E-state index contributed by atoms with van der Waals surface area (Å²) in [5, 5.41) is 16.5. The number of amides is 3. The van der Waals surface area contributed by atoms with Crippen molar-refractivity contribution in [3.8, 4) is 5.69 Å². The first-order chi connectivity index (χ1) is 14.6. The highest BCUT2D eigenvalue weighted by atomic mass is 32.2. The number of thioether (sulfide) groups is 1. The fourth-order valence-electron chi connectivity index (χ4n) is 2.85. The Morgan fingerprint density at radius 2 is 1.83 bits per heavy atom. The van der Waals surface area contributed by atoms with Gasteiger partial charge in [0.2, 0.25) is 11.1 Å². The fourth-order valence-corrected chi connectivity index (χ4v) is 3.84. The Morgan fingerprint density at radius 3 is 2.50 bits per heavy atom. The number of tetrazole rings is 1. The van der Waals surface area contributed by atoms with Gasteiger partial charge in [0.1, 0.15) is 5.25 Å². The molecule has 2 N–H and O–H groups in total. The second kappa shape index (κ2) is 10.5. The molecule has 0 aliphatic heterocycles. The molecule has 2 aromatic carbocycles. The van der Waals surface area contributed by atoms with Crippen LogP contribution in [0.1, 0.15) is 36.1 Å². The second-order valence-corrected chi connectivity index (χ2v) is 7.69. The third-order valence-electron chi connectivity index (χ3n) is 4.47. The van der Waals surface area contributed by atoms with E-state index < -0.39 is 17.2 Å². The molecule has 0 fully saturated rings. The van der Waals surface area contributed by atoms with E-state index in [1.165, 1.54) is 24.4 Å². The average Bonchev–Trinajstić information content (AvgIpc) is 3.25. The molecular formula is C21H24N6O2S. The van der Waals surface area contributed by atoms with Crippen molar-refractivity contribution in [2.75, 3.05) is 7.05 Å². The van der Waals surface area contributed by atoms with Crippen molar-refractivity contribution in [2.24, 2.45) is 0 Å². The van der Waals surface area contributed by atoms with E-state index in [-0.39, 0.29) is 0 Å². The molecule has 0 radical (unpaired) electrons. The smallest absolute Gasteiger partial charge is 0.321 e. The topological polar surface area (TPSA) is 102 Å². The first-order valence-electron chi connectivity index (χ1n) is 9.74. The number of nitrogens with one attached hydrogen (secondary N) is 2. The van der Waals surface area contributed by atoms with E-state index in [4.69, 9.17) is 0 Å². The molecule has 0 aliphatic carbocycles. The average molecular weight is 425 g/mol. The van der Waals surface area contributed by atoms with Crippen LogP contribution < -0.4 is 10.6 Å². The molecule has 8 nitrogen and oxygen atoms in total. The van der Waals surface area contributed by atoms with Crippen LogP contribution in [-0.2, 0) is 11.2 Å². The summed E-state index contributed by atoms with van der Waals surface area (Å²) in [6.45, 7) is 2.17. The van der Waals surface area contributed by atoms with Crippen molar-refractivity contribution in [1.29, 1.82) is 0 Å². The number of imide groups is 1. The molecule has 3 aromatic rings. The normalized spacial score (nSPS) is 11.7. The minimum absolute atomic E-state index is 0.449. The Kier molecular flexibility index (Phi) is 7.56. The van der Waals surface area contributed by atoms with Crippen LogP contribution in [0.3, 0.4) is 0 Å². The molecule has 0 unspecified atom stereocenters. The van der Waals surface area contributed by atoms with Gasteiger partial charge >= 0.3 is 6.03 Å². The molecule has 30 heavy (non-hydrogen) atoms. The lowest BCUT2D eigenvalue weighted by Gasteiger charge is -2.16. The monoisotopic (exact) mass is 424 g/mol. The predicted octanol–water partition coefficient (Wildman–Crippen LogP) is 3.29. The summed E-state index contributed by atoms with van der Waals surface area (Å²) in [6, 6.07) is 16.7. The SMILES string of the molecule is CCCCc1ccc(-n2nnnc2S[C@H](C(=O)NC(=O)NC)c2ccccc2)cc1. The highest BCUT2D eigenvalue weighted by Crippen LogP contribution is 2.34. The molecule has 0 saturated carbocycles. The molecule has 3 rings (SSSR count). The summed E-state index contributed by atoms with van der Waals surface area (Å²) in [6.07, 6.45) is 3.32. The standard InChI is InChI=1S/C21H24N6O2S/c1-3-4-8-15-11-13-17(14-12-15)27-21(24-25-26-27)30-18(16-9-6-5-7-10-16)19(28)23-20(29)22-2/h5-7,9-14,18H,3-4,8H2,1-2H3,(H2,22,23,28,29)/t18-/m0/s1. The summed E-state index contributed by atoms with van der Waals surface area (Å²) in [5.41, 5.74) is 2.81. The maximum atomic E-state index is 12.8. The Labute approximate surface area is 179 Å². The van der Waals surface area contributed by atoms with Gasteiger partial charge in [0.15, 0.2) is 0 Å². The van der Waals surface area contributed by atoms with Gasteiger partial charge in [0, 0.05) is 7.05 Å². The van der Waals surface area contributed by atoms with E-state index in [9.17, 15) is 9.59 Å². The first-order valence-corrected chi connectivity index (χ1v) is 10.6. The number of hydrogen-bond acceptors (Lipinski definition) is 6. The number of aryl methyl sites for hydroxylation is 1. The Hall–Kier alpha value is -3.20. The third-order valence-corrected chi connectivity index (χ3v) is 5.66. The van der Waals surface area contributed by atoms with Crippen molar-refractivity contribution in [1.82, 2.24) is 30.8 Å². The molecule has 1 heterocycles. The van der Waals surface area contributed by atoms with Crippen LogP contribution >= 0.6 is 11.8 Å². The van der Waals surface area contributed by atoms with E-state index in [2.05, 4.69) is 45.2 Å². The number of carbonyl (C=O) groups excluding carboxylic acids is 2. The summed E-state index contributed by atoms with van der Waals surface area (Å²) in [7, 11) is 1.46. The number of hydrogen-bond donors (Lipinski definition) is 2. The summed E-state index contributed by atoms with van der Waals surface area (Å²) < 4.78 is 1.59. The maximum absolute atomic E-state index is 12.8. The van der Waals surface area contributed by atoms with Gasteiger partial charge < -0.3 is 5.32 Å². The van der Waals surface area contributed by atoms with E-state index in [1.54, 1.807) is 4.68 Å². The molecule has 9 heteroatoms. The predicted molar refractivity (Wildman–Crippen MR) is 115 cm³/mol. The van der Waals surface area contributed by atoms with Crippen molar-refractivity contribution < 1.29 is 9.59 Å². The summed E-state index contributed by atoms with van der Waals surface area (Å²) in [5.74, 6) is -0.449. The van der Waals surface area contributed by atoms with Crippen molar-refractivity contribution >= 4 is 23.7 Å². The molecular weight excluding hydrogens is 400 g/mol. The van der Waals surface area contributed by atoms with E-state index >= 15 is 0 Å². The van der Waals surface area contributed by atoms with Gasteiger partial charge in [-0.2, -0.15) is 4.68 Å². The number of urea groups is 1. The molecule has 1 atom stereocenters. The van der Waals surface area contributed by atoms with Crippen LogP contribution in [0, 0.1) is 0 Å². The highest BCUT2D eigenvalue weighted by molar-refractivity contribution is 8.00. The summed E-state index contributed by atoms with van der Waals surface area (Å²) in [4.78, 5) is 24.4. The van der Waals surface area contributed by atoms with Gasteiger partial charge in [-0.05, 0) is 46.5 Å². The quantitative estimate of drug-likeness (QED) is 0.538. The number of nitrogens with zero attached hydrogens (tertiary/aromatic N) is 4. The van der Waals surface area contributed by atoms with Gasteiger partial charge in [-0.1, -0.05) is 67.6 Å². The van der Waals surface area contributed by atoms with E-state index in [0.717, 1.165) is 30.5 Å². The van der Waals surface area contributed by atoms with E-state index in [0.29, 0.717) is 5.16 Å². The van der Waals surface area contributed by atoms with Gasteiger partial charge in [-0.25, -0.2) is 4.79 Å². The van der Waals surface area contributed by atoms with Crippen LogP contribution in [0.15, 0.2) is 59.8 Å². The molecule has 156 valence electrons. The van der Waals surface area contributed by atoms with Crippen LogP contribution in [-0.4, -0.2) is 39.2 Å². The lowest BCUT2D eigenvalue weighted by Crippen LogP contribution is -2.39. The molecule has 3 amide bonds. The number of carbonyl (C=O) groups is 2. The van der Waals surface area contributed by atoms with Crippen LogP contribution in [0.5, 0.6) is 0 Å². The minimum atomic E-state index is -0.697. The lowest BCUT2D eigenvalue weighted by atomic mass is 10.1.